The summed E-state index contributed by atoms with van der Waals surface area (Å²) in [7, 11) is 0. The third-order valence-electron chi connectivity index (χ3n) is 9.20. The number of nitrogens with one attached hydrogen (secondary N) is 1. The van der Waals surface area contributed by atoms with Crippen molar-refractivity contribution in [1.82, 2.24) is 9.80 Å². The lowest BCUT2D eigenvalue weighted by molar-refractivity contribution is -0.200. The minimum atomic E-state index is -0.978. The molecule has 3 saturated heterocycles. The lowest BCUT2D eigenvalue weighted by Gasteiger charge is -2.52. The first kappa shape index (κ1) is 25.9. The van der Waals surface area contributed by atoms with Gasteiger partial charge in [-0.05, 0) is 93.2 Å². The Morgan fingerprint density at radius 2 is 1.92 bits per heavy atom. The molecular weight excluding hydrogens is 494 g/mol. The Hall–Kier alpha value is -3.39. The van der Waals surface area contributed by atoms with Gasteiger partial charge < -0.3 is 25.0 Å². The second-order valence-electron chi connectivity index (χ2n) is 11.8. The maximum atomic E-state index is 13.7. The number of carbonyl (C=O) groups is 3. The zero-order valence-corrected chi connectivity index (χ0v) is 22.7. The van der Waals surface area contributed by atoms with Gasteiger partial charge in [0.1, 0.15) is 5.60 Å². The summed E-state index contributed by atoms with van der Waals surface area (Å²) in [6.07, 6.45) is 5.28. The van der Waals surface area contributed by atoms with E-state index in [0.717, 1.165) is 60.8 Å². The number of aromatic carboxylic acids is 1. The van der Waals surface area contributed by atoms with Crippen LogP contribution in [-0.2, 0) is 16.1 Å². The first-order valence-corrected chi connectivity index (χ1v) is 14.2. The third kappa shape index (κ3) is 4.58. The monoisotopic (exact) mass is 531 g/mol. The number of hydrogen-bond acceptors (Lipinski definition) is 5. The molecule has 5 aliphatic rings. The molecule has 2 aromatic carbocycles. The molecule has 0 aromatic heterocycles. The molecule has 4 heterocycles. The van der Waals surface area contributed by atoms with Crippen LogP contribution in [0, 0.1) is 12.8 Å². The van der Waals surface area contributed by atoms with Crippen LogP contribution < -0.4 is 5.32 Å². The predicted molar refractivity (Wildman–Crippen MR) is 147 cm³/mol. The van der Waals surface area contributed by atoms with Gasteiger partial charge in [-0.2, -0.15) is 0 Å². The number of benzene rings is 2. The molecule has 4 aliphatic heterocycles. The van der Waals surface area contributed by atoms with Gasteiger partial charge in [-0.15, -0.1) is 0 Å². The molecule has 7 rings (SSSR count). The van der Waals surface area contributed by atoms with Crippen LogP contribution in [0.15, 0.2) is 36.4 Å². The van der Waals surface area contributed by atoms with Crippen LogP contribution in [0.1, 0.15) is 88.9 Å². The van der Waals surface area contributed by atoms with Gasteiger partial charge in [0.15, 0.2) is 0 Å². The summed E-state index contributed by atoms with van der Waals surface area (Å²) in [6.45, 7) is 6.58. The largest absolute Gasteiger partial charge is 0.478 e. The van der Waals surface area contributed by atoms with Gasteiger partial charge >= 0.3 is 5.97 Å². The van der Waals surface area contributed by atoms with Gasteiger partial charge in [-0.3, -0.25) is 9.59 Å². The van der Waals surface area contributed by atoms with E-state index in [1.165, 1.54) is 0 Å². The SMILES string of the molecule is Cc1cc2c(c(C(C)Nc3ccccc3C(=O)O)c1)CN(C1CCCN(C(=O)C34CC(CCO3)C4)CC1)C2=O. The predicted octanol–water partition coefficient (Wildman–Crippen LogP) is 4.77. The molecule has 1 saturated carbocycles. The molecule has 206 valence electrons. The highest BCUT2D eigenvalue weighted by molar-refractivity contribution is 5.99. The van der Waals surface area contributed by atoms with Crippen LogP contribution in [-0.4, -0.2) is 64.0 Å². The van der Waals surface area contributed by atoms with E-state index in [9.17, 15) is 19.5 Å². The van der Waals surface area contributed by atoms with Crippen LogP contribution in [0.5, 0.6) is 0 Å². The number of nitrogens with zero attached hydrogens (tertiary/aromatic N) is 2. The summed E-state index contributed by atoms with van der Waals surface area (Å²) in [5, 5.41) is 13.0. The number of carboxylic acid groups (broad SMARTS) is 1. The smallest absolute Gasteiger partial charge is 0.337 e. The van der Waals surface area contributed by atoms with Crippen molar-refractivity contribution in [2.45, 2.75) is 76.6 Å². The van der Waals surface area contributed by atoms with Crippen molar-refractivity contribution in [3.63, 3.8) is 0 Å². The van der Waals surface area contributed by atoms with Gasteiger partial charge in [0, 0.05) is 49.6 Å². The lowest BCUT2D eigenvalue weighted by Crippen LogP contribution is -2.61. The summed E-state index contributed by atoms with van der Waals surface area (Å²) in [5.74, 6) is -0.146. The molecule has 1 aliphatic carbocycles. The summed E-state index contributed by atoms with van der Waals surface area (Å²) < 4.78 is 5.99. The van der Waals surface area contributed by atoms with Crippen molar-refractivity contribution in [2.24, 2.45) is 5.92 Å². The molecule has 2 atom stereocenters. The summed E-state index contributed by atoms with van der Waals surface area (Å²) >= 11 is 0. The lowest BCUT2D eigenvalue weighted by atomic mass is 9.66. The van der Waals surface area contributed by atoms with Gasteiger partial charge in [-0.25, -0.2) is 4.79 Å². The van der Waals surface area contributed by atoms with E-state index in [4.69, 9.17) is 4.74 Å². The zero-order valence-electron chi connectivity index (χ0n) is 22.7. The molecule has 2 N–H and O–H groups in total. The molecule has 8 nitrogen and oxygen atoms in total. The molecule has 8 heteroatoms. The molecule has 0 spiro atoms. The molecule has 0 radical (unpaired) electrons. The van der Waals surface area contributed by atoms with Gasteiger partial charge in [0.05, 0.1) is 5.56 Å². The van der Waals surface area contributed by atoms with E-state index < -0.39 is 11.6 Å². The molecular formula is C31H37N3O5. The van der Waals surface area contributed by atoms with Gasteiger partial charge in [0.2, 0.25) is 0 Å². The van der Waals surface area contributed by atoms with Crippen molar-refractivity contribution >= 4 is 23.5 Å². The number of anilines is 1. The first-order chi connectivity index (χ1) is 18.8. The number of rotatable bonds is 6. The van der Waals surface area contributed by atoms with Crippen molar-refractivity contribution in [3.8, 4) is 0 Å². The third-order valence-corrected chi connectivity index (χ3v) is 9.20. The number of amides is 2. The average Bonchev–Trinajstić information content (AvgIpc) is 3.08. The topological polar surface area (TPSA) is 99.2 Å². The number of ether oxygens (including phenoxy) is 1. The van der Waals surface area contributed by atoms with Crippen LogP contribution in [0.4, 0.5) is 5.69 Å². The number of carbonyl (C=O) groups excluding carboxylic acids is 2. The van der Waals surface area contributed by atoms with E-state index in [2.05, 4.69) is 11.4 Å². The molecule has 4 fully saturated rings. The second kappa shape index (κ2) is 9.97. The standard InChI is InChI=1S/C31H37N3O5/c1-19-14-24(20(2)32-27-8-4-3-7-23(27)29(36)37)26-18-34(28(35)25(26)15-19)22-6-5-11-33(12-9-22)30(38)31-16-21(17-31)10-13-39-31/h3-4,7-8,14-15,20-22,32H,5-6,9-13,16-18H2,1-2H3,(H,36,37). The molecule has 2 bridgehead atoms. The summed E-state index contributed by atoms with van der Waals surface area (Å²) in [6, 6.07) is 10.8. The van der Waals surface area contributed by atoms with Gasteiger partial charge in [0.25, 0.3) is 11.8 Å². The van der Waals surface area contributed by atoms with Crippen LogP contribution >= 0.6 is 0 Å². The van der Waals surface area contributed by atoms with Crippen molar-refractivity contribution < 1.29 is 24.2 Å². The number of hydrogen-bond donors (Lipinski definition) is 2. The number of carboxylic acids is 1. The highest BCUT2D eigenvalue weighted by Crippen LogP contribution is 2.48. The molecule has 2 aromatic rings. The Labute approximate surface area is 229 Å². The average molecular weight is 532 g/mol. The Kier molecular flexibility index (Phi) is 6.61. The maximum Gasteiger partial charge on any atom is 0.337 e. The minimum absolute atomic E-state index is 0.0499. The molecule has 2 unspecified atom stereocenters. The number of aryl methyl sites for hydroxylation is 1. The Morgan fingerprint density at radius 3 is 2.67 bits per heavy atom. The van der Waals surface area contributed by atoms with Crippen molar-refractivity contribution in [3.05, 3.63) is 64.2 Å². The summed E-state index contributed by atoms with van der Waals surface area (Å²) in [4.78, 5) is 42.8. The number of fused-ring (bicyclic) bond motifs is 3. The zero-order chi connectivity index (χ0) is 27.3. The fourth-order valence-electron chi connectivity index (χ4n) is 7.13. The van der Waals surface area contributed by atoms with Crippen molar-refractivity contribution in [2.75, 3.05) is 25.0 Å². The second-order valence-corrected chi connectivity index (χ2v) is 11.8. The Bertz CT molecular complexity index is 1310. The number of likely N-dealkylation sites (tertiary alicyclic amines) is 1. The van der Waals surface area contributed by atoms with Crippen molar-refractivity contribution in [1.29, 1.82) is 0 Å². The number of para-hydroxylation sites is 1. The van der Waals surface area contributed by atoms with Crippen LogP contribution in [0.3, 0.4) is 0 Å². The van der Waals surface area contributed by atoms with E-state index in [1.54, 1.807) is 18.2 Å². The first-order valence-electron chi connectivity index (χ1n) is 14.2. The maximum absolute atomic E-state index is 13.7. The molecule has 39 heavy (non-hydrogen) atoms. The molecule has 2 amide bonds. The van der Waals surface area contributed by atoms with E-state index in [1.807, 2.05) is 35.8 Å². The van der Waals surface area contributed by atoms with E-state index >= 15 is 0 Å². The summed E-state index contributed by atoms with van der Waals surface area (Å²) in [5.41, 5.74) is 3.95. The van der Waals surface area contributed by atoms with Crippen LogP contribution in [0.2, 0.25) is 0 Å². The highest BCUT2D eigenvalue weighted by Gasteiger charge is 2.55. The van der Waals surface area contributed by atoms with E-state index in [-0.39, 0.29) is 29.5 Å². The van der Waals surface area contributed by atoms with E-state index in [0.29, 0.717) is 37.8 Å². The Morgan fingerprint density at radius 1 is 1.13 bits per heavy atom. The van der Waals surface area contributed by atoms with Gasteiger partial charge in [-0.1, -0.05) is 18.2 Å². The normalized spacial score (nSPS) is 26.9. The highest BCUT2D eigenvalue weighted by atomic mass is 16.5. The van der Waals surface area contributed by atoms with Crippen LogP contribution in [0.25, 0.3) is 0 Å². The quantitative estimate of drug-likeness (QED) is 0.557. The Balaban J connectivity index is 1.18. The fraction of sp³-hybridized carbons (Fsp3) is 0.516. The fourth-order valence-corrected chi connectivity index (χ4v) is 7.13. The minimum Gasteiger partial charge on any atom is -0.478 e.